The number of carbonyl (C=O) groups excluding carboxylic acids is 3. The van der Waals surface area contributed by atoms with Crippen molar-refractivity contribution in [2.24, 2.45) is 5.92 Å². The van der Waals surface area contributed by atoms with Crippen LogP contribution in [0.4, 0.5) is 5.69 Å². The Morgan fingerprint density at radius 2 is 1.68 bits per heavy atom. The fourth-order valence-electron chi connectivity index (χ4n) is 2.69. The molecular formula is C23H25N3O5. The van der Waals surface area contributed by atoms with E-state index in [0.29, 0.717) is 17.0 Å². The van der Waals surface area contributed by atoms with Crippen LogP contribution in [0.15, 0.2) is 48.5 Å². The average Bonchev–Trinajstić information content (AvgIpc) is 2.77. The summed E-state index contributed by atoms with van der Waals surface area (Å²) in [7, 11) is 1.53. The number of amides is 2. The maximum atomic E-state index is 12.5. The molecule has 31 heavy (non-hydrogen) atoms. The lowest BCUT2D eigenvalue weighted by Gasteiger charge is -2.21. The number of benzene rings is 2. The van der Waals surface area contributed by atoms with Crippen molar-refractivity contribution in [3.8, 4) is 11.8 Å². The standard InChI is InChI=1S/C23H25N3O5/c1-15(2)21(26-22(28)17-6-10-19(30-3)11-7-17)23(29)31-14-20(27)25-18-8-4-16(5-9-18)12-13-24/h4-11,15,21H,12,14H2,1-3H3,(H,25,27)(H,26,28). The van der Waals surface area contributed by atoms with Gasteiger partial charge in [-0.05, 0) is 47.9 Å². The second-order valence-corrected chi connectivity index (χ2v) is 7.11. The monoisotopic (exact) mass is 423 g/mol. The summed E-state index contributed by atoms with van der Waals surface area (Å²) in [6.07, 6.45) is 0.282. The molecule has 162 valence electrons. The Balaban J connectivity index is 1.90. The topological polar surface area (TPSA) is 118 Å². The maximum absolute atomic E-state index is 12.5. The van der Waals surface area contributed by atoms with Crippen LogP contribution in [-0.4, -0.2) is 37.5 Å². The number of anilines is 1. The van der Waals surface area contributed by atoms with Crippen molar-refractivity contribution in [2.45, 2.75) is 26.3 Å². The van der Waals surface area contributed by atoms with Crippen LogP contribution in [0.5, 0.6) is 5.75 Å². The highest BCUT2D eigenvalue weighted by Gasteiger charge is 2.26. The fraction of sp³-hybridized carbons (Fsp3) is 0.304. The Morgan fingerprint density at radius 3 is 2.23 bits per heavy atom. The third-order valence-corrected chi connectivity index (χ3v) is 4.43. The molecule has 8 nitrogen and oxygen atoms in total. The van der Waals surface area contributed by atoms with Gasteiger partial charge in [0.2, 0.25) is 0 Å². The normalized spacial score (nSPS) is 11.2. The molecule has 0 saturated carbocycles. The quantitative estimate of drug-likeness (QED) is 0.599. The summed E-state index contributed by atoms with van der Waals surface area (Å²) < 4.78 is 10.2. The van der Waals surface area contributed by atoms with Gasteiger partial charge in [0.1, 0.15) is 11.8 Å². The number of hydrogen-bond acceptors (Lipinski definition) is 6. The van der Waals surface area contributed by atoms with E-state index in [4.69, 9.17) is 14.7 Å². The Kier molecular flexibility index (Phi) is 8.58. The van der Waals surface area contributed by atoms with E-state index in [2.05, 4.69) is 10.6 Å². The zero-order valence-corrected chi connectivity index (χ0v) is 17.7. The van der Waals surface area contributed by atoms with Crippen LogP contribution in [0.3, 0.4) is 0 Å². The van der Waals surface area contributed by atoms with Crippen molar-refractivity contribution in [1.29, 1.82) is 5.26 Å². The van der Waals surface area contributed by atoms with Crippen molar-refractivity contribution in [1.82, 2.24) is 5.32 Å². The van der Waals surface area contributed by atoms with Crippen molar-refractivity contribution < 1.29 is 23.9 Å². The zero-order valence-electron chi connectivity index (χ0n) is 17.7. The van der Waals surface area contributed by atoms with Crippen LogP contribution >= 0.6 is 0 Å². The number of nitrogens with one attached hydrogen (secondary N) is 2. The Bertz CT molecular complexity index is 947. The van der Waals surface area contributed by atoms with E-state index in [1.807, 2.05) is 6.07 Å². The predicted molar refractivity (Wildman–Crippen MR) is 114 cm³/mol. The van der Waals surface area contributed by atoms with Gasteiger partial charge in [-0.1, -0.05) is 26.0 Å². The molecule has 0 aliphatic rings. The molecule has 0 aliphatic heterocycles. The molecule has 1 atom stereocenters. The second kappa shape index (κ2) is 11.4. The summed E-state index contributed by atoms with van der Waals surface area (Å²) in [5.41, 5.74) is 1.73. The maximum Gasteiger partial charge on any atom is 0.329 e. The number of nitrogens with zero attached hydrogens (tertiary/aromatic N) is 1. The summed E-state index contributed by atoms with van der Waals surface area (Å²) in [5.74, 6) is -1.27. The van der Waals surface area contributed by atoms with Crippen LogP contribution in [0.2, 0.25) is 0 Å². The molecule has 0 aromatic heterocycles. The molecule has 0 radical (unpaired) electrons. The van der Waals surface area contributed by atoms with E-state index >= 15 is 0 Å². The molecule has 0 fully saturated rings. The van der Waals surface area contributed by atoms with E-state index in [-0.39, 0.29) is 12.3 Å². The summed E-state index contributed by atoms with van der Waals surface area (Å²) in [6, 6.07) is 14.4. The minimum atomic E-state index is -0.910. The number of ether oxygens (including phenoxy) is 2. The highest BCUT2D eigenvalue weighted by atomic mass is 16.5. The van der Waals surface area contributed by atoms with Crippen LogP contribution in [0.1, 0.15) is 29.8 Å². The molecular weight excluding hydrogens is 398 g/mol. The van der Waals surface area contributed by atoms with E-state index in [1.54, 1.807) is 62.4 Å². The predicted octanol–water partition coefficient (Wildman–Crippen LogP) is 2.70. The first kappa shape index (κ1) is 23.4. The van der Waals surface area contributed by atoms with Gasteiger partial charge < -0.3 is 20.1 Å². The Labute approximate surface area is 181 Å². The molecule has 8 heteroatoms. The molecule has 0 aliphatic carbocycles. The Morgan fingerprint density at radius 1 is 1.03 bits per heavy atom. The van der Waals surface area contributed by atoms with Crippen molar-refractivity contribution in [3.63, 3.8) is 0 Å². The molecule has 2 rings (SSSR count). The minimum absolute atomic E-state index is 0.245. The molecule has 2 N–H and O–H groups in total. The van der Waals surface area contributed by atoms with Crippen LogP contribution < -0.4 is 15.4 Å². The van der Waals surface area contributed by atoms with Gasteiger partial charge in [-0.2, -0.15) is 5.26 Å². The lowest BCUT2D eigenvalue weighted by molar-refractivity contribution is -0.150. The van der Waals surface area contributed by atoms with E-state index < -0.39 is 30.4 Å². The number of hydrogen-bond donors (Lipinski definition) is 2. The molecule has 0 heterocycles. The van der Waals surface area contributed by atoms with Gasteiger partial charge in [0, 0.05) is 11.3 Å². The molecule has 1 unspecified atom stereocenters. The van der Waals surface area contributed by atoms with Crippen molar-refractivity contribution >= 4 is 23.5 Å². The van der Waals surface area contributed by atoms with Crippen LogP contribution in [0.25, 0.3) is 0 Å². The SMILES string of the molecule is COc1ccc(C(=O)NC(C(=O)OCC(=O)Nc2ccc(CC#N)cc2)C(C)C)cc1. The van der Waals surface area contributed by atoms with E-state index in [1.165, 1.54) is 7.11 Å². The number of carbonyl (C=O) groups is 3. The number of esters is 1. The third kappa shape index (κ3) is 7.16. The van der Waals surface area contributed by atoms with Gasteiger partial charge in [0.05, 0.1) is 19.6 Å². The molecule has 0 bridgehead atoms. The molecule has 0 spiro atoms. The number of nitriles is 1. The first-order valence-corrected chi connectivity index (χ1v) is 9.71. The third-order valence-electron chi connectivity index (χ3n) is 4.43. The van der Waals surface area contributed by atoms with Gasteiger partial charge in [-0.25, -0.2) is 4.79 Å². The Hall–Kier alpha value is -3.86. The molecule has 0 saturated heterocycles. The average molecular weight is 423 g/mol. The van der Waals surface area contributed by atoms with Crippen LogP contribution in [0, 0.1) is 17.2 Å². The van der Waals surface area contributed by atoms with Crippen LogP contribution in [-0.2, 0) is 20.7 Å². The molecule has 2 aromatic carbocycles. The summed E-state index contributed by atoms with van der Waals surface area (Å²) in [6.45, 7) is 3.05. The smallest absolute Gasteiger partial charge is 0.329 e. The summed E-state index contributed by atoms with van der Waals surface area (Å²) >= 11 is 0. The highest BCUT2D eigenvalue weighted by Crippen LogP contribution is 2.13. The summed E-state index contributed by atoms with van der Waals surface area (Å²) in [5, 5.41) is 13.9. The first-order valence-electron chi connectivity index (χ1n) is 9.71. The lowest BCUT2D eigenvalue weighted by atomic mass is 10.0. The number of methoxy groups -OCH3 is 1. The van der Waals surface area contributed by atoms with Gasteiger partial charge in [0.25, 0.3) is 11.8 Å². The van der Waals surface area contributed by atoms with Gasteiger partial charge >= 0.3 is 5.97 Å². The largest absolute Gasteiger partial charge is 0.497 e. The first-order chi connectivity index (χ1) is 14.8. The number of rotatable bonds is 9. The van der Waals surface area contributed by atoms with Gasteiger partial charge in [-0.3, -0.25) is 9.59 Å². The summed E-state index contributed by atoms with van der Waals surface area (Å²) in [4.78, 5) is 37.0. The van der Waals surface area contributed by atoms with Gasteiger partial charge in [0.15, 0.2) is 6.61 Å². The lowest BCUT2D eigenvalue weighted by Crippen LogP contribution is -2.45. The van der Waals surface area contributed by atoms with E-state index in [0.717, 1.165) is 5.56 Å². The van der Waals surface area contributed by atoms with E-state index in [9.17, 15) is 14.4 Å². The highest BCUT2D eigenvalue weighted by molar-refractivity contribution is 5.97. The minimum Gasteiger partial charge on any atom is -0.497 e. The molecule has 2 amide bonds. The second-order valence-electron chi connectivity index (χ2n) is 7.11. The molecule has 2 aromatic rings. The van der Waals surface area contributed by atoms with Crippen molar-refractivity contribution in [2.75, 3.05) is 19.0 Å². The van der Waals surface area contributed by atoms with Gasteiger partial charge in [-0.15, -0.1) is 0 Å². The zero-order chi connectivity index (χ0) is 22.8. The van der Waals surface area contributed by atoms with Crippen molar-refractivity contribution in [3.05, 3.63) is 59.7 Å². The fourth-order valence-corrected chi connectivity index (χ4v) is 2.69.